The summed E-state index contributed by atoms with van der Waals surface area (Å²) in [5.74, 6) is -2.52. The fraction of sp³-hybridized carbons (Fsp3) is 0.200. The molecule has 0 fully saturated rings. The van der Waals surface area contributed by atoms with Crippen molar-refractivity contribution in [3.63, 3.8) is 0 Å². The van der Waals surface area contributed by atoms with Gasteiger partial charge < -0.3 is 10.4 Å². The number of hydrogen-bond donors (Lipinski definition) is 2. The van der Waals surface area contributed by atoms with Crippen LogP contribution in [0, 0.1) is 5.82 Å². The summed E-state index contributed by atoms with van der Waals surface area (Å²) in [7, 11) is 0. The van der Waals surface area contributed by atoms with Gasteiger partial charge in [-0.25, -0.2) is 4.39 Å². The molecule has 0 saturated carbocycles. The highest BCUT2D eigenvalue weighted by atomic mass is 35.5. The third-order valence-electron chi connectivity index (χ3n) is 1.82. The minimum atomic E-state index is -1.04. The second-order valence-electron chi connectivity index (χ2n) is 3.00. The summed E-state index contributed by atoms with van der Waals surface area (Å²) in [5.41, 5.74) is -0.196. The summed E-state index contributed by atoms with van der Waals surface area (Å²) in [6, 6.07) is 4.04. The summed E-state index contributed by atoms with van der Waals surface area (Å²) in [6.07, 6.45) is -0.214. The van der Waals surface area contributed by atoms with Crippen LogP contribution in [0.15, 0.2) is 18.2 Å². The molecular formula is C10H9ClFNO3. The normalized spacial score (nSPS) is 9.88. The number of carboxylic acid groups (broad SMARTS) is 1. The lowest BCUT2D eigenvalue weighted by Gasteiger charge is -2.05. The number of rotatable bonds is 4. The standard InChI is InChI=1S/C10H9ClFNO3/c11-7-3-1-2-6(9(7)12)10(16)13-5-4-8(14)15/h1-3H,4-5H2,(H,13,16)(H,14,15). The van der Waals surface area contributed by atoms with Gasteiger partial charge in [-0.3, -0.25) is 9.59 Å². The molecule has 1 aromatic carbocycles. The van der Waals surface area contributed by atoms with E-state index in [0.717, 1.165) is 0 Å². The van der Waals surface area contributed by atoms with E-state index >= 15 is 0 Å². The van der Waals surface area contributed by atoms with Gasteiger partial charge in [0.25, 0.3) is 5.91 Å². The summed E-state index contributed by atoms with van der Waals surface area (Å²) in [5, 5.41) is 10.5. The number of carbonyl (C=O) groups is 2. The van der Waals surface area contributed by atoms with Crippen LogP contribution in [0.1, 0.15) is 16.8 Å². The molecule has 0 bridgehead atoms. The minimum absolute atomic E-state index is 0.0554. The lowest BCUT2D eigenvalue weighted by molar-refractivity contribution is -0.136. The van der Waals surface area contributed by atoms with Crippen LogP contribution in [0.3, 0.4) is 0 Å². The molecule has 0 aliphatic heterocycles. The molecule has 0 atom stereocenters. The Labute approximate surface area is 96.0 Å². The molecule has 0 aliphatic rings. The van der Waals surface area contributed by atoms with Crippen molar-refractivity contribution in [2.24, 2.45) is 0 Å². The predicted octanol–water partition coefficient (Wildman–Crippen LogP) is 1.68. The van der Waals surface area contributed by atoms with E-state index in [9.17, 15) is 14.0 Å². The molecule has 4 nitrogen and oxygen atoms in total. The van der Waals surface area contributed by atoms with E-state index in [-0.39, 0.29) is 23.6 Å². The van der Waals surface area contributed by atoms with E-state index < -0.39 is 17.7 Å². The number of nitrogens with one attached hydrogen (secondary N) is 1. The fourth-order valence-electron chi connectivity index (χ4n) is 1.06. The maximum absolute atomic E-state index is 13.3. The van der Waals surface area contributed by atoms with Gasteiger partial charge in [-0.2, -0.15) is 0 Å². The molecule has 0 spiro atoms. The van der Waals surface area contributed by atoms with Crippen molar-refractivity contribution in [1.29, 1.82) is 0 Å². The SMILES string of the molecule is O=C(O)CCNC(=O)c1cccc(Cl)c1F. The van der Waals surface area contributed by atoms with E-state index in [0.29, 0.717) is 0 Å². The zero-order chi connectivity index (χ0) is 12.1. The lowest BCUT2D eigenvalue weighted by Crippen LogP contribution is -2.26. The summed E-state index contributed by atoms with van der Waals surface area (Å²) in [6.45, 7) is -0.0554. The van der Waals surface area contributed by atoms with Crippen LogP contribution < -0.4 is 5.32 Å². The number of hydrogen-bond acceptors (Lipinski definition) is 2. The maximum Gasteiger partial charge on any atom is 0.305 e. The number of amides is 1. The van der Waals surface area contributed by atoms with Crippen molar-refractivity contribution in [3.05, 3.63) is 34.6 Å². The monoisotopic (exact) mass is 245 g/mol. The van der Waals surface area contributed by atoms with E-state index in [1.807, 2.05) is 0 Å². The topological polar surface area (TPSA) is 66.4 Å². The molecule has 2 N–H and O–H groups in total. The average Bonchev–Trinajstić information content (AvgIpc) is 2.21. The van der Waals surface area contributed by atoms with Crippen LogP contribution in [-0.2, 0) is 4.79 Å². The first-order valence-corrected chi connectivity index (χ1v) is 4.84. The average molecular weight is 246 g/mol. The molecule has 0 aromatic heterocycles. The number of halogens is 2. The second kappa shape index (κ2) is 5.46. The summed E-state index contributed by atoms with van der Waals surface area (Å²) < 4.78 is 13.3. The predicted molar refractivity (Wildman–Crippen MR) is 56.0 cm³/mol. The van der Waals surface area contributed by atoms with Crippen LogP contribution in [-0.4, -0.2) is 23.5 Å². The number of carbonyl (C=O) groups excluding carboxylic acids is 1. The summed E-state index contributed by atoms with van der Waals surface area (Å²) >= 11 is 5.49. The first-order valence-electron chi connectivity index (χ1n) is 4.46. The van der Waals surface area contributed by atoms with E-state index in [1.54, 1.807) is 0 Å². The number of benzene rings is 1. The highest BCUT2D eigenvalue weighted by molar-refractivity contribution is 6.31. The van der Waals surface area contributed by atoms with E-state index in [4.69, 9.17) is 16.7 Å². The van der Waals surface area contributed by atoms with Gasteiger partial charge in [0.1, 0.15) is 0 Å². The molecule has 1 aromatic rings. The van der Waals surface area contributed by atoms with Gasteiger partial charge >= 0.3 is 5.97 Å². The van der Waals surface area contributed by atoms with Crippen molar-refractivity contribution in [2.75, 3.05) is 6.54 Å². The fourth-order valence-corrected chi connectivity index (χ4v) is 1.23. The largest absolute Gasteiger partial charge is 0.481 e. The Morgan fingerprint density at radius 2 is 2.12 bits per heavy atom. The quantitative estimate of drug-likeness (QED) is 0.848. The summed E-state index contributed by atoms with van der Waals surface area (Å²) in [4.78, 5) is 21.6. The van der Waals surface area contributed by atoms with Gasteiger partial charge in [0.15, 0.2) is 5.82 Å². The molecule has 0 saturated heterocycles. The van der Waals surface area contributed by atoms with Crippen LogP contribution in [0.2, 0.25) is 5.02 Å². The maximum atomic E-state index is 13.3. The van der Waals surface area contributed by atoms with Crippen molar-refractivity contribution in [1.82, 2.24) is 5.32 Å². The lowest BCUT2D eigenvalue weighted by atomic mass is 10.2. The molecule has 6 heteroatoms. The number of carboxylic acids is 1. The Balaban J connectivity index is 2.66. The van der Waals surface area contributed by atoms with Crippen molar-refractivity contribution < 1.29 is 19.1 Å². The van der Waals surface area contributed by atoms with Gasteiger partial charge in [0.2, 0.25) is 0 Å². The molecule has 1 rings (SSSR count). The molecule has 0 aliphatic carbocycles. The van der Waals surface area contributed by atoms with Crippen molar-refractivity contribution in [3.8, 4) is 0 Å². The van der Waals surface area contributed by atoms with Gasteiger partial charge in [-0.05, 0) is 12.1 Å². The number of aliphatic carboxylic acids is 1. The Hall–Kier alpha value is -1.62. The third-order valence-corrected chi connectivity index (χ3v) is 2.11. The third kappa shape index (κ3) is 3.20. The van der Waals surface area contributed by atoms with E-state index in [2.05, 4.69) is 5.32 Å². The molecule has 1 amide bonds. The Morgan fingerprint density at radius 3 is 2.75 bits per heavy atom. The van der Waals surface area contributed by atoms with E-state index in [1.165, 1.54) is 18.2 Å². The van der Waals surface area contributed by atoms with Gasteiger partial charge in [0.05, 0.1) is 17.0 Å². The Morgan fingerprint density at radius 1 is 1.44 bits per heavy atom. The highest BCUT2D eigenvalue weighted by Crippen LogP contribution is 2.17. The second-order valence-corrected chi connectivity index (χ2v) is 3.41. The molecule has 0 unspecified atom stereocenters. The zero-order valence-corrected chi connectivity index (χ0v) is 8.92. The smallest absolute Gasteiger partial charge is 0.305 e. The van der Waals surface area contributed by atoms with Crippen LogP contribution in [0.25, 0.3) is 0 Å². The first-order chi connectivity index (χ1) is 7.52. The zero-order valence-electron chi connectivity index (χ0n) is 8.17. The minimum Gasteiger partial charge on any atom is -0.481 e. The molecule has 0 radical (unpaired) electrons. The molecule has 0 heterocycles. The van der Waals surface area contributed by atoms with Crippen LogP contribution in [0.5, 0.6) is 0 Å². The molecule has 16 heavy (non-hydrogen) atoms. The molecule has 86 valence electrons. The van der Waals surface area contributed by atoms with Crippen molar-refractivity contribution >= 4 is 23.5 Å². The van der Waals surface area contributed by atoms with Gasteiger partial charge in [0, 0.05) is 6.54 Å². The Bertz CT molecular complexity index is 423. The van der Waals surface area contributed by atoms with Crippen LogP contribution >= 0.6 is 11.6 Å². The highest BCUT2D eigenvalue weighted by Gasteiger charge is 2.13. The van der Waals surface area contributed by atoms with Gasteiger partial charge in [-0.15, -0.1) is 0 Å². The van der Waals surface area contributed by atoms with Crippen molar-refractivity contribution in [2.45, 2.75) is 6.42 Å². The molecular weight excluding hydrogens is 237 g/mol. The van der Waals surface area contributed by atoms with Crippen LogP contribution in [0.4, 0.5) is 4.39 Å². The van der Waals surface area contributed by atoms with Gasteiger partial charge in [-0.1, -0.05) is 17.7 Å². The first kappa shape index (κ1) is 12.4. The Kier molecular flexibility index (Phi) is 4.25.